The van der Waals surface area contributed by atoms with Crippen LogP contribution in [-0.2, 0) is 16.0 Å². The average Bonchev–Trinajstić information content (AvgIpc) is 2.54. The summed E-state index contributed by atoms with van der Waals surface area (Å²) in [5, 5.41) is 2.84. The fourth-order valence-corrected chi connectivity index (χ4v) is 2.61. The summed E-state index contributed by atoms with van der Waals surface area (Å²) in [7, 11) is 0. The molecule has 1 aliphatic rings. The molecule has 1 amide bonds. The van der Waals surface area contributed by atoms with Gasteiger partial charge in [0.2, 0.25) is 0 Å². The summed E-state index contributed by atoms with van der Waals surface area (Å²) in [4.78, 5) is 23.7. The lowest BCUT2D eigenvalue weighted by Crippen LogP contribution is -2.28. The fraction of sp³-hybridized carbons (Fsp3) is 0.222. The molecular formula is C18H17NO3. The smallest absolute Gasteiger partial charge is 0.258 e. The number of amides is 1. The molecule has 2 aromatic rings. The summed E-state index contributed by atoms with van der Waals surface area (Å²) in [6, 6.07) is 14.7. The molecule has 1 unspecified atom stereocenters. The van der Waals surface area contributed by atoms with Crippen molar-refractivity contribution in [2.45, 2.75) is 19.4 Å². The van der Waals surface area contributed by atoms with Gasteiger partial charge in [0.05, 0.1) is 6.61 Å². The van der Waals surface area contributed by atoms with Gasteiger partial charge in [-0.1, -0.05) is 24.3 Å². The van der Waals surface area contributed by atoms with Gasteiger partial charge < -0.3 is 10.1 Å². The molecule has 0 aliphatic carbocycles. The maximum absolute atomic E-state index is 12.4. The highest BCUT2D eigenvalue weighted by atomic mass is 16.5. The predicted molar refractivity (Wildman–Crippen MR) is 83.9 cm³/mol. The Bertz CT molecular complexity index is 707. The summed E-state index contributed by atoms with van der Waals surface area (Å²) >= 11 is 0. The van der Waals surface area contributed by atoms with Crippen LogP contribution < -0.4 is 5.32 Å². The minimum absolute atomic E-state index is 0.00224. The third kappa shape index (κ3) is 2.92. The van der Waals surface area contributed by atoms with Crippen LogP contribution in [0.4, 0.5) is 5.69 Å². The second-order valence-corrected chi connectivity index (χ2v) is 5.32. The molecule has 1 atom stereocenters. The van der Waals surface area contributed by atoms with Gasteiger partial charge in [0, 0.05) is 11.3 Å². The minimum atomic E-state index is -0.586. The van der Waals surface area contributed by atoms with Gasteiger partial charge in [0.15, 0.2) is 11.9 Å². The number of nitrogens with one attached hydrogen (secondary N) is 1. The van der Waals surface area contributed by atoms with Crippen molar-refractivity contribution >= 4 is 17.4 Å². The highest BCUT2D eigenvalue weighted by molar-refractivity contribution is 5.97. The average molecular weight is 295 g/mol. The van der Waals surface area contributed by atoms with Gasteiger partial charge in [-0.15, -0.1) is 0 Å². The van der Waals surface area contributed by atoms with Crippen molar-refractivity contribution in [3.05, 3.63) is 65.2 Å². The molecule has 0 fully saturated rings. The number of hydrogen-bond donors (Lipinski definition) is 1. The van der Waals surface area contributed by atoms with Gasteiger partial charge in [0.1, 0.15) is 0 Å². The van der Waals surface area contributed by atoms with E-state index in [4.69, 9.17) is 4.74 Å². The Balaban J connectivity index is 1.76. The van der Waals surface area contributed by atoms with Crippen molar-refractivity contribution in [2.75, 3.05) is 11.9 Å². The Morgan fingerprint density at radius 1 is 1.09 bits per heavy atom. The Kier molecular flexibility index (Phi) is 4.02. The number of Topliss-reactive ketones (excluding diaryl/α,β-unsaturated/α-hetero) is 1. The van der Waals surface area contributed by atoms with Crippen molar-refractivity contribution < 1.29 is 14.3 Å². The third-order valence-electron chi connectivity index (χ3n) is 3.79. The van der Waals surface area contributed by atoms with Crippen LogP contribution in [0.15, 0.2) is 48.5 Å². The van der Waals surface area contributed by atoms with Crippen LogP contribution in [0.1, 0.15) is 34.5 Å². The SMILES string of the molecule is CC(=O)c1ccc(NC(=O)C2OCCc3ccccc32)cc1. The highest BCUT2D eigenvalue weighted by Gasteiger charge is 2.27. The predicted octanol–water partition coefficient (Wildman–Crippen LogP) is 3.14. The first-order valence-electron chi connectivity index (χ1n) is 7.26. The van der Waals surface area contributed by atoms with Gasteiger partial charge in [0.25, 0.3) is 5.91 Å². The van der Waals surface area contributed by atoms with Crippen molar-refractivity contribution in [1.82, 2.24) is 0 Å². The number of ketones is 1. The van der Waals surface area contributed by atoms with Gasteiger partial charge in [-0.2, -0.15) is 0 Å². The lowest BCUT2D eigenvalue weighted by molar-refractivity contribution is -0.128. The van der Waals surface area contributed by atoms with Crippen molar-refractivity contribution in [1.29, 1.82) is 0 Å². The lowest BCUT2D eigenvalue weighted by atomic mass is 9.97. The van der Waals surface area contributed by atoms with E-state index in [1.165, 1.54) is 6.92 Å². The Hall–Kier alpha value is -2.46. The van der Waals surface area contributed by atoms with E-state index in [1.54, 1.807) is 24.3 Å². The Labute approximate surface area is 129 Å². The van der Waals surface area contributed by atoms with E-state index in [0.717, 1.165) is 17.5 Å². The molecule has 0 saturated heterocycles. The molecule has 0 saturated carbocycles. The van der Waals surface area contributed by atoms with E-state index >= 15 is 0 Å². The topological polar surface area (TPSA) is 55.4 Å². The Morgan fingerprint density at radius 2 is 1.82 bits per heavy atom. The van der Waals surface area contributed by atoms with Gasteiger partial charge in [-0.05, 0) is 48.7 Å². The number of carbonyl (C=O) groups excluding carboxylic acids is 2. The molecule has 3 rings (SSSR count). The van der Waals surface area contributed by atoms with Crippen molar-refractivity contribution in [2.24, 2.45) is 0 Å². The lowest BCUT2D eigenvalue weighted by Gasteiger charge is -2.25. The van der Waals surface area contributed by atoms with Crippen molar-refractivity contribution in [3.63, 3.8) is 0 Å². The van der Waals surface area contributed by atoms with Crippen LogP contribution in [0.3, 0.4) is 0 Å². The largest absolute Gasteiger partial charge is 0.363 e. The third-order valence-corrected chi connectivity index (χ3v) is 3.79. The standard InChI is InChI=1S/C18H17NO3/c1-12(20)13-6-8-15(9-7-13)19-18(21)17-16-5-3-2-4-14(16)10-11-22-17/h2-9,17H,10-11H2,1H3,(H,19,21). The van der Waals surface area contributed by atoms with Crippen LogP contribution >= 0.6 is 0 Å². The molecular weight excluding hydrogens is 278 g/mol. The van der Waals surface area contributed by atoms with Gasteiger partial charge >= 0.3 is 0 Å². The van der Waals surface area contributed by atoms with E-state index in [1.807, 2.05) is 24.3 Å². The fourth-order valence-electron chi connectivity index (χ4n) is 2.61. The number of carbonyl (C=O) groups is 2. The molecule has 1 aliphatic heterocycles. The molecule has 0 spiro atoms. The number of fused-ring (bicyclic) bond motifs is 1. The van der Waals surface area contributed by atoms with E-state index in [2.05, 4.69) is 5.32 Å². The minimum Gasteiger partial charge on any atom is -0.363 e. The number of anilines is 1. The zero-order chi connectivity index (χ0) is 15.5. The molecule has 22 heavy (non-hydrogen) atoms. The number of hydrogen-bond acceptors (Lipinski definition) is 3. The molecule has 112 valence electrons. The number of ether oxygens (including phenoxy) is 1. The zero-order valence-electron chi connectivity index (χ0n) is 12.3. The molecule has 0 radical (unpaired) electrons. The van der Waals surface area contributed by atoms with E-state index < -0.39 is 6.10 Å². The van der Waals surface area contributed by atoms with Crippen LogP contribution in [0, 0.1) is 0 Å². The summed E-state index contributed by atoms with van der Waals surface area (Å²) < 4.78 is 5.63. The first kappa shape index (κ1) is 14.5. The molecule has 0 aromatic heterocycles. The van der Waals surface area contributed by atoms with Crippen LogP contribution in [-0.4, -0.2) is 18.3 Å². The zero-order valence-corrected chi connectivity index (χ0v) is 12.3. The van der Waals surface area contributed by atoms with Gasteiger partial charge in [-0.25, -0.2) is 0 Å². The maximum atomic E-state index is 12.4. The van der Waals surface area contributed by atoms with Crippen molar-refractivity contribution in [3.8, 4) is 0 Å². The second-order valence-electron chi connectivity index (χ2n) is 5.32. The molecule has 4 heteroatoms. The summed E-state index contributed by atoms with van der Waals surface area (Å²) in [6.45, 7) is 2.05. The van der Waals surface area contributed by atoms with E-state index in [-0.39, 0.29) is 11.7 Å². The molecule has 1 heterocycles. The van der Waals surface area contributed by atoms with Crippen LogP contribution in [0.25, 0.3) is 0 Å². The molecule has 1 N–H and O–H groups in total. The van der Waals surface area contributed by atoms with Crippen LogP contribution in [0.2, 0.25) is 0 Å². The second kappa shape index (κ2) is 6.12. The van der Waals surface area contributed by atoms with E-state index in [9.17, 15) is 9.59 Å². The molecule has 2 aromatic carbocycles. The monoisotopic (exact) mass is 295 g/mol. The number of benzene rings is 2. The number of rotatable bonds is 3. The first-order chi connectivity index (χ1) is 10.6. The normalized spacial score (nSPS) is 16.7. The van der Waals surface area contributed by atoms with Gasteiger partial charge in [-0.3, -0.25) is 9.59 Å². The quantitative estimate of drug-likeness (QED) is 0.885. The summed E-state index contributed by atoms with van der Waals surface area (Å²) in [5.41, 5.74) is 3.35. The summed E-state index contributed by atoms with van der Waals surface area (Å²) in [6.07, 6.45) is 0.241. The first-order valence-corrected chi connectivity index (χ1v) is 7.26. The highest BCUT2D eigenvalue weighted by Crippen LogP contribution is 2.28. The van der Waals surface area contributed by atoms with E-state index in [0.29, 0.717) is 17.9 Å². The maximum Gasteiger partial charge on any atom is 0.258 e. The molecule has 0 bridgehead atoms. The summed E-state index contributed by atoms with van der Waals surface area (Å²) in [5.74, 6) is -0.190. The van der Waals surface area contributed by atoms with Crippen LogP contribution in [0.5, 0.6) is 0 Å². The molecule has 4 nitrogen and oxygen atoms in total. The Morgan fingerprint density at radius 3 is 2.55 bits per heavy atom.